The van der Waals surface area contributed by atoms with Crippen LogP contribution in [0.3, 0.4) is 0 Å². The van der Waals surface area contributed by atoms with Crippen molar-refractivity contribution in [2.45, 2.75) is 13.0 Å². The second kappa shape index (κ2) is 4.32. The smallest absolute Gasteiger partial charge is 0.329 e. The van der Waals surface area contributed by atoms with Crippen LogP contribution >= 0.6 is 0 Å². The van der Waals surface area contributed by atoms with Gasteiger partial charge >= 0.3 is 5.97 Å². The molecular weight excluding hydrogens is 208 g/mol. The highest BCUT2D eigenvalue weighted by Crippen LogP contribution is 2.17. The van der Waals surface area contributed by atoms with Gasteiger partial charge in [-0.15, -0.1) is 0 Å². The van der Waals surface area contributed by atoms with E-state index in [1.165, 1.54) is 0 Å². The lowest BCUT2D eigenvalue weighted by molar-refractivity contribution is -0.144. The molecule has 0 aliphatic heterocycles. The first kappa shape index (κ1) is 10.6. The average Bonchev–Trinajstić information content (AvgIpc) is 2.69. The van der Waals surface area contributed by atoms with E-state index < -0.39 is 5.97 Å². The van der Waals surface area contributed by atoms with E-state index >= 15 is 0 Å². The van der Waals surface area contributed by atoms with Gasteiger partial charge in [0.25, 0.3) is 0 Å². The Morgan fingerprint density at radius 1 is 1.56 bits per heavy atom. The average molecular weight is 220 g/mol. The lowest BCUT2D eigenvalue weighted by Gasteiger charge is -2.07. The zero-order valence-electron chi connectivity index (χ0n) is 8.80. The molecule has 1 atom stereocenters. The highest BCUT2D eigenvalue weighted by atomic mass is 16.5. The molecule has 1 aromatic carbocycles. The number of rotatable bonds is 4. The number of ether oxygens (including phenoxy) is 1. The van der Waals surface area contributed by atoms with Gasteiger partial charge in [-0.1, -0.05) is 12.1 Å². The summed E-state index contributed by atoms with van der Waals surface area (Å²) < 4.78 is 5.13. The Morgan fingerprint density at radius 2 is 2.31 bits per heavy atom. The zero-order valence-corrected chi connectivity index (χ0v) is 8.80. The molecular formula is C11H12N2O3. The SMILES string of the molecule is CC(OCC(=O)O)c1nc2ccccc2[nH]1. The minimum atomic E-state index is -0.983. The minimum absolute atomic E-state index is 0.321. The number of benzene rings is 1. The summed E-state index contributed by atoms with van der Waals surface area (Å²) in [6.45, 7) is 1.44. The second-order valence-electron chi connectivity index (χ2n) is 3.49. The summed E-state index contributed by atoms with van der Waals surface area (Å²) in [4.78, 5) is 17.8. The van der Waals surface area contributed by atoms with Crippen LogP contribution in [0.2, 0.25) is 0 Å². The summed E-state index contributed by atoms with van der Waals surface area (Å²) in [7, 11) is 0. The number of aromatic amines is 1. The van der Waals surface area contributed by atoms with Gasteiger partial charge in [-0.2, -0.15) is 0 Å². The molecule has 0 bridgehead atoms. The van der Waals surface area contributed by atoms with Gasteiger partial charge in [-0.05, 0) is 19.1 Å². The summed E-state index contributed by atoms with van der Waals surface area (Å²) in [6, 6.07) is 7.61. The van der Waals surface area contributed by atoms with Crippen LogP contribution < -0.4 is 0 Å². The number of imidazole rings is 1. The molecule has 0 radical (unpaired) electrons. The number of para-hydroxylation sites is 2. The number of nitrogens with zero attached hydrogens (tertiary/aromatic N) is 1. The molecule has 0 spiro atoms. The molecule has 0 amide bonds. The third kappa shape index (κ3) is 2.20. The molecule has 2 aromatic rings. The third-order valence-corrected chi connectivity index (χ3v) is 2.25. The predicted molar refractivity (Wildman–Crippen MR) is 58.1 cm³/mol. The normalized spacial score (nSPS) is 12.8. The van der Waals surface area contributed by atoms with E-state index in [0.29, 0.717) is 5.82 Å². The Kier molecular flexibility index (Phi) is 2.87. The fraction of sp³-hybridized carbons (Fsp3) is 0.273. The van der Waals surface area contributed by atoms with Crippen LogP contribution in [0.5, 0.6) is 0 Å². The number of carboxylic acids is 1. The van der Waals surface area contributed by atoms with Crippen molar-refractivity contribution >= 4 is 17.0 Å². The second-order valence-corrected chi connectivity index (χ2v) is 3.49. The van der Waals surface area contributed by atoms with Gasteiger partial charge in [0.2, 0.25) is 0 Å². The lowest BCUT2D eigenvalue weighted by atomic mass is 10.3. The molecule has 0 saturated heterocycles. The van der Waals surface area contributed by atoms with Crippen molar-refractivity contribution in [2.24, 2.45) is 0 Å². The molecule has 16 heavy (non-hydrogen) atoms. The Bertz CT molecular complexity index is 474. The van der Waals surface area contributed by atoms with Crippen LogP contribution in [-0.2, 0) is 9.53 Å². The maximum Gasteiger partial charge on any atom is 0.329 e. The lowest BCUT2D eigenvalue weighted by Crippen LogP contribution is -2.10. The van der Waals surface area contributed by atoms with Crippen molar-refractivity contribution in [3.63, 3.8) is 0 Å². The van der Waals surface area contributed by atoms with E-state index in [1.807, 2.05) is 24.3 Å². The van der Waals surface area contributed by atoms with Crippen molar-refractivity contribution in [3.8, 4) is 0 Å². The molecule has 0 aliphatic rings. The van der Waals surface area contributed by atoms with Crippen LogP contribution in [0.4, 0.5) is 0 Å². The van der Waals surface area contributed by atoms with Gasteiger partial charge in [0, 0.05) is 0 Å². The molecule has 0 fully saturated rings. The first-order valence-electron chi connectivity index (χ1n) is 4.95. The molecule has 1 heterocycles. The summed E-state index contributed by atoms with van der Waals surface area (Å²) in [5, 5.41) is 8.49. The number of aliphatic carboxylic acids is 1. The fourth-order valence-electron chi connectivity index (χ4n) is 1.44. The van der Waals surface area contributed by atoms with Crippen molar-refractivity contribution < 1.29 is 14.6 Å². The van der Waals surface area contributed by atoms with Crippen molar-refractivity contribution in [2.75, 3.05) is 6.61 Å². The number of H-pyrrole nitrogens is 1. The first-order valence-corrected chi connectivity index (χ1v) is 4.95. The standard InChI is InChI=1S/C11H12N2O3/c1-7(16-6-10(14)15)11-12-8-4-2-3-5-9(8)13-11/h2-5,7H,6H2,1H3,(H,12,13)(H,14,15). The van der Waals surface area contributed by atoms with Gasteiger partial charge in [-0.25, -0.2) is 9.78 Å². The van der Waals surface area contributed by atoms with Crippen molar-refractivity contribution in [1.29, 1.82) is 0 Å². The summed E-state index contributed by atoms with van der Waals surface area (Å²) in [6.07, 6.45) is -0.358. The maximum atomic E-state index is 10.4. The van der Waals surface area contributed by atoms with Gasteiger partial charge in [0.15, 0.2) is 0 Å². The van der Waals surface area contributed by atoms with Crippen LogP contribution in [0, 0.1) is 0 Å². The Hall–Kier alpha value is -1.88. The largest absolute Gasteiger partial charge is 0.480 e. The summed E-state index contributed by atoms with van der Waals surface area (Å²) in [5.74, 6) is -0.342. The van der Waals surface area contributed by atoms with E-state index in [0.717, 1.165) is 11.0 Å². The van der Waals surface area contributed by atoms with Gasteiger partial charge in [-0.3, -0.25) is 0 Å². The molecule has 2 rings (SSSR count). The number of aromatic nitrogens is 2. The third-order valence-electron chi connectivity index (χ3n) is 2.25. The van der Waals surface area contributed by atoms with Crippen molar-refractivity contribution in [3.05, 3.63) is 30.1 Å². The number of fused-ring (bicyclic) bond motifs is 1. The van der Waals surface area contributed by atoms with E-state index in [9.17, 15) is 4.79 Å². The molecule has 84 valence electrons. The molecule has 0 aliphatic carbocycles. The Labute approximate surface area is 92.1 Å². The predicted octanol–water partition coefficient (Wildman–Crippen LogP) is 1.73. The number of nitrogens with one attached hydrogen (secondary N) is 1. The summed E-state index contributed by atoms with van der Waals surface area (Å²) >= 11 is 0. The van der Waals surface area contributed by atoms with E-state index in [2.05, 4.69) is 9.97 Å². The molecule has 5 nitrogen and oxygen atoms in total. The molecule has 5 heteroatoms. The molecule has 0 saturated carbocycles. The topological polar surface area (TPSA) is 75.2 Å². The van der Waals surface area contributed by atoms with E-state index in [4.69, 9.17) is 9.84 Å². The van der Waals surface area contributed by atoms with Crippen molar-refractivity contribution in [1.82, 2.24) is 9.97 Å². The van der Waals surface area contributed by atoms with Crippen LogP contribution in [0.1, 0.15) is 18.9 Å². The van der Waals surface area contributed by atoms with E-state index in [1.54, 1.807) is 6.92 Å². The van der Waals surface area contributed by atoms with Crippen LogP contribution in [-0.4, -0.2) is 27.7 Å². The quantitative estimate of drug-likeness (QED) is 0.822. The summed E-state index contributed by atoms with van der Waals surface area (Å²) in [5.41, 5.74) is 1.77. The molecule has 2 N–H and O–H groups in total. The number of carboxylic acid groups (broad SMARTS) is 1. The Balaban J connectivity index is 2.16. The fourth-order valence-corrected chi connectivity index (χ4v) is 1.44. The van der Waals surface area contributed by atoms with Crippen LogP contribution in [0.25, 0.3) is 11.0 Å². The molecule has 1 unspecified atom stereocenters. The van der Waals surface area contributed by atoms with Gasteiger partial charge < -0.3 is 14.8 Å². The number of carbonyl (C=O) groups is 1. The minimum Gasteiger partial charge on any atom is -0.480 e. The van der Waals surface area contributed by atoms with E-state index in [-0.39, 0.29) is 12.7 Å². The van der Waals surface area contributed by atoms with Crippen LogP contribution in [0.15, 0.2) is 24.3 Å². The zero-order chi connectivity index (χ0) is 11.5. The molecule has 1 aromatic heterocycles. The first-order chi connectivity index (χ1) is 7.66. The number of hydrogen-bond donors (Lipinski definition) is 2. The highest BCUT2D eigenvalue weighted by Gasteiger charge is 2.12. The number of hydrogen-bond acceptors (Lipinski definition) is 3. The highest BCUT2D eigenvalue weighted by molar-refractivity contribution is 5.74. The maximum absolute atomic E-state index is 10.4. The Morgan fingerprint density at radius 3 is 3.00 bits per heavy atom. The van der Waals surface area contributed by atoms with Gasteiger partial charge in [0.1, 0.15) is 18.5 Å². The van der Waals surface area contributed by atoms with Gasteiger partial charge in [0.05, 0.1) is 11.0 Å². The monoisotopic (exact) mass is 220 g/mol.